The Morgan fingerprint density at radius 1 is 1.10 bits per heavy atom. The Morgan fingerprint density at radius 2 is 1.76 bits per heavy atom. The zero-order chi connectivity index (χ0) is 36.2. The van der Waals surface area contributed by atoms with E-state index in [1.165, 1.54) is 29.3 Å². The molecule has 1 aliphatic heterocycles. The van der Waals surface area contributed by atoms with E-state index >= 15 is 8.78 Å². The van der Waals surface area contributed by atoms with Gasteiger partial charge >= 0.3 is 6.09 Å². The number of piperidine rings is 1. The number of pyridine rings is 1. The molecule has 1 fully saturated rings. The van der Waals surface area contributed by atoms with Crippen molar-refractivity contribution in [2.45, 2.75) is 67.9 Å². The average molecular weight is 841 g/mol. The molecule has 5 rings (SSSR count). The molecule has 2 aromatic heterocycles. The number of carboxylic acid groups (broad SMARTS) is 1. The number of amides is 2. The second kappa shape index (κ2) is 15.7. The van der Waals surface area contributed by atoms with E-state index in [9.17, 15) is 23.1 Å². The van der Waals surface area contributed by atoms with Crippen LogP contribution in [-0.4, -0.2) is 79.0 Å². The minimum absolute atomic E-state index is 0.0251. The summed E-state index contributed by atoms with van der Waals surface area (Å²) < 4.78 is 71.3. The molecule has 0 aliphatic carbocycles. The molecule has 2 aromatic carbocycles. The fourth-order valence-electron chi connectivity index (χ4n) is 5.80. The highest BCUT2D eigenvalue weighted by Crippen LogP contribution is 2.36. The SMILES string of the molecule is C[Si](C)(C)CCOCn1cc(I)c2c(Oc3c(F)cc(CC(NC(=O)O)C(=O)N4CCC(S(=O)(=O)c5ccccc5)CC4)cc3F)ccnc21. The smallest absolute Gasteiger partial charge is 0.405 e. The van der Waals surface area contributed by atoms with Gasteiger partial charge in [-0.05, 0) is 77.4 Å². The van der Waals surface area contributed by atoms with Gasteiger partial charge in [0.1, 0.15) is 24.2 Å². The van der Waals surface area contributed by atoms with Crippen LogP contribution in [0, 0.1) is 15.2 Å². The fraction of sp³-hybridized carbons (Fsp3) is 0.382. The van der Waals surface area contributed by atoms with Crippen molar-refractivity contribution in [1.82, 2.24) is 19.8 Å². The Kier molecular flexibility index (Phi) is 11.8. The molecule has 50 heavy (non-hydrogen) atoms. The second-order valence-electron chi connectivity index (χ2n) is 13.4. The Balaban J connectivity index is 1.28. The number of nitrogens with one attached hydrogen (secondary N) is 1. The van der Waals surface area contributed by atoms with Crippen molar-refractivity contribution in [3.05, 3.63) is 81.7 Å². The molecule has 3 heterocycles. The van der Waals surface area contributed by atoms with Gasteiger partial charge in [-0.2, -0.15) is 0 Å². The third-order valence-electron chi connectivity index (χ3n) is 8.47. The first-order chi connectivity index (χ1) is 23.6. The molecule has 268 valence electrons. The Bertz CT molecular complexity index is 1940. The molecule has 0 bridgehead atoms. The van der Waals surface area contributed by atoms with Crippen LogP contribution in [0.5, 0.6) is 11.5 Å². The van der Waals surface area contributed by atoms with Gasteiger partial charge in [0.2, 0.25) is 5.91 Å². The number of aromatic nitrogens is 2. The van der Waals surface area contributed by atoms with Gasteiger partial charge in [0.15, 0.2) is 27.2 Å². The van der Waals surface area contributed by atoms with Gasteiger partial charge in [-0.25, -0.2) is 27.0 Å². The molecule has 2 amide bonds. The van der Waals surface area contributed by atoms with Crippen LogP contribution in [0.4, 0.5) is 13.6 Å². The van der Waals surface area contributed by atoms with Crippen molar-refractivity contribution in [1.29, 1.82) is 0 Å². The van der Waals surface area contributed by atoms with E-state index in [4.69, 9.17) is 9.47 Å². The normalized spacial score (nSPS) is 14.9. The van der Waals surface area contributed by atoms with E-state index in [1.807, 2.05) is 6.20 Å². The van der Waals surface area contributed by atoms with Gasteiger partial charge in [0.05, 0.1) is 15.5 Å². The summed E-state index contributed by atoms with van der Waals surface area (Å²) >= 11 is 2.10. The van der Waals surface area contributed by atoms with Gasteiger partial charge in [-0.15, -0.1) is 0 Å². The molecular formula is C34H39F2IN4O7SSi. The third kappa shape index (κ3) is 8.99. The Hall–Kier alpha value is -3.61. The molecule has 1 atom stereocenters. The predicted octanol–water partition coefficient (Wildman–Crippen LogP) is 6.67. The first-order valence-electron chi connectivity index (χ1n) is 16.1. The molecule has 16 heteroatoms. The van der Waals surface area contributed by atoms with Crippen molar-refractivity contribution in [2.75, 3.05) is 19.7 Å². The zero-order valence-corrected chi connectivity index (χ0v) is 31.8. The maximum absolute atomic E-state index is 15.5. The van der Waals surface area contributed by atoms with Crippen LogP contribution >= 0.6 is 22.6 Å². The topological polar surface area (TPSA) is 140 Å². The summed E-state index contributed by atoms with van der Waals surface area (Å²) in [5, 5.41) is 11.5. The van der Waals surface area contributed by atoms with Gasteiger partial charge < -0.3 is 29.4 Å². The van der Waals surface area contributed by atoms with E-state index in [0.29, 0.717) is 17.6 Å². The molecule has 1 saturated heterocycles. The van der Waals surface area contributed by atoms with Crippen LogP contribution in [0.3, 0.4) is 0 Å². The summed E-state index contributed by atoms with van der Waals surface area (Å²) in [5.74, 6) is -3.17. The number of benzene rings is 2. The largest absolute Gasteiger partial charge is 0.465 e. The van der Waals surface area contributed by atoms with E-state index in [2.05, 4.69) is 52.5 Å². The predicted molar refractivity (Wildman–Crippen MR) is 195 cm³/mol. The minimum Gasteiger partial charge on any atom is -0.465 e. The Labute approximate surface area is 304 Å². The van der Waals surface area contributed by atoms with Crippen LogP contribution in [0.15, 0.2) is 65.8 Å². The summed E-state index contributed by atoms with van der Waals surface area (Å²) in [6, 6.07) is 11.2. The van der Waals surface area contributed by atoms with Crippen molar-refractivity contribution < 1.29 is 41.4 Å². The lowest BCUT2D eigenvalue weighted by Gasteiger charge is -2.34. The number of carbonyl (C=O) groups is 2. The number of hydrogen-bond acceptors (Lipinski definition) is 7. The summed E-state index contributed by atoms with van der Waals surface area (Å²) in [6.07, 6.45) is 1.79. The van der Waals surface area contributed by atoms with Crippen molar-refractivity contribution in [2.24, 2.45) is 0 Å². The molecule has 2 N–H and O–H groups in total. The summed E-state index contributed by atoms with van der Waals surface area (Å²) in [4.78, 5) is 31.1. The standard InChI is InChI=1S/C34H39F2IN4O7SSi/c1-50(2,3)16-15-47-21-41-20-27(37)30-29(9-12-38-32(30)41)48-31-25(35)17-22(18-26(31)36)19-28(39-34(43)44)33(42)40-13-10-24(11-14-40)49(45,46)23-7-5-4-6-8-23/h4-9,12,17-18,20,24,28,39H,10-11,13-16,19,21H2,1-3H3,(H,43,44). The van der Waals surface area contributed by atoms with Crippen molar-refractivity contribution in [3.8, 4) is 11.5 Å². The number of halogens is 3. The van der Waals surface area contributed by atoms with Crippen LogP contribution in [0.25, 0.3) is 11.0 Å². The highest BCUT2D eigenvalue weighted by Gasteiger charge is 2.35. The zero-order valence-electron chi connectivity index (χ0n) is 27.9. The number of nitrogens with zero attached hydrogens (tertiary/aromatic N) is 3. The summed E-state index contributed by atoms with van der Waals surface area (Å²) in [5.41, 5.74) is 0.553. The van der Waals surface area contributed by atoms with Crippen LogP contribution in [0.1, 0.15) is 18.4 Å². The van der Waals surface area contributed by atoms with E-state index in [0.717, 1.165) is 21.7 Å². The van der Waals surface area contributed by atoms with Crippen molar-refractivity contribution >= 4 is 63.5 Å². The number of hydrogen-bond donors (Lipinski definition) is 2. The molecule has 1 aliphatic rings. The first-order valence-corrected chi connectivity index (χ1v) is 22.4. The maximum atomic E-state index is 15.5. The molecule has 11 nitrogen and oxygen atoms in total. The molecule has 0 radical (unpaired) electrons. The maximum Gasteiger partial charge on any atom is 0.405 e. The van der Waals surface area contributed by atoms with Crippen molar-refractivity contribution in [3.63, 3.8) is 0 Å². The number of carbonyl (C=O) groups excluding carboxylic acids is 1. The second-order valence-corrected chi connectivity index (χ2v) is 22.4. The quantitative estimate of drug-likeness (QED) is 0.0866. The number of sulfone groups is 1. The lowest BCUT2D eigenvalue weighted by Crippen LogP contribution is -2.52. The molecule has 0 spiro atoms. The minimum atomic E-state index is -3.61. The molecular weight excluding hydrogens is 801 g/mol. The third-order valence-corrected chi connectivity index (χ3v) is 13.3. The van der Waals surface area contributed by atoms with E-state index < -0.39 is 58.6 Å². The number of likely N-dealkylation sites (tertiary alicyclic amines) is 1. The van der Waals surface area contributed by atoms with Gasteiger partial charge in [-0.1, -0.05) is 37.8 Å². The van der Waals surface area contributed by atoms with E-state index in [-0.39, 0.29) is 55.3 Å². The summed E-state index contributed by atoms with van der Waals surface area (Å²) in [6.45, 7) is 7.81. The van der Waals surface area contributed by atoms with Crippen LogP contribution < -0.4 is 10.1 Å². The van der Waals surface area contributed by atoms with Crippen LogP contribution in [0.2, 0.25) is 25.7 Å². The number of rotatable bonds is 13. The lowest BCUT2D eigenvalue weighted by molar-refractivity contribution is -0.134. The van der Waals surface area contributed by atoms with Gasteiger partial charge in [0.25, 0.3) is 0 Å². The highest BCUT2D eigenvalue weighted by molar-refractivity contribution is 14.1. The van der Waals surface area contributed by atoms with Crippen LogP contribution in [-0.2, 0) is 32.5 Å². The summed E-state index contributed by atoms with van der Waals surface area (Å²) in [7, 11) is -4.88. The monoisotopic (exact) mass is 840 g/mol. The van der Waals surface area contributed by atoms with Gasteiger partial charge in [0, 0.05) is 50.2 Å². The lowest BCUT2D eigenvalue weighted by atomic mass is 10.0. The van der Waals surface area contributed by atoms with E-state index in [1.54, 1.807) is 22.8 Å². The Morgan fingerprint density at radius 3 is 2.38 bits per heavy atom. The number of fused-ring (bicyclic) bond motifs is 1. The first kappa shape index (κ1) is 37.6. The average Bonchev–Trinajstić information content (AvgIpc) is 3.39. The molecule has 4 aromatic rings. The number of ether oxygens (including phenoxy) is 2. The van der Waals surface area contributed by atoms with Gasteiger partial charge in [-0.3, -0.25) is 4.79 Å². The molecule has 0 saturated carbocycles. The molecule has 1 unspecified atom stereocenters. The highest BCUT2D eigenvalue weighted by atomic mass is 127. The fourth-order valence-corrected chi connectivity index (χ4v) is 9.15.